The molecule has 1 N–H and O–H groups in total. The maximum absolute atomic E-state index is 11.3. The third-order valence-electron chi connectivity index (χ3n) is 4.95. The molecule has 1 fully saturated rings. The normalized spacial score (nSPS) is 18.6. The van der Waals surface area contributed by atoms with E-state index in [0.29, 0.717) is 6.73 Å². The summed E-state index contributed by atoms with van der Waals surface area (Å²) in [5.41, 5.74) is -0.793. The number of imidazole rings is 1. The Bertz CT molecular complexity index is 587. The maximum atomic E-state index is 11.3. The Hall–Kier alpha value is 0.626. The fourth-order valence-electron chi connectivity index (χ4n) is 3.51. The van der Waals surface area contributed by atoms with E-state index in [1.165, 1.54) is 10.1 Å². The SMILES string of the molecule is C[Si](C)(C)CCOCn1c(C2(O)CCCCC2)nc(Br)[c]1[Sn]([CH3])([CH3])[CH3]. The second-order valence-corrected chi connectivity index (χ2v) is 30.3. The van der Waals surface area contributed by atoms with Crippen molar-refractivity contribution in [2.45, 2.75) is 84.9 Å². The minimum absolute atomic E-state index is 0.518. The van der Waals surface area contributed by atoms with Gasteiger partial charge in [-0.25, -0.2) is 0 Å². The summed E-state index contributed by atoms with van der Waals surface area (Å²) >= 11 is 1.28. The quantitative estimate of drug-likeness (QED) is 0.406. The van der Waals surface area contributed by atoms with Crippen molar-refractivity contribution in [1.82, 2.24) is 9.55 Å². The molecule has 1 aliphatic rings. The van der Waals surface area contributed by atoms with Crippen molar-refractivity contribution in [3.05, 3.63) is 10.4 Å². The predicted molar refractivity (Wildman–Crippen MR) is 114 cm³/mol. The van der Waals surface area contributed by atoms with Crippen LogP contribution in [0.2, 0.25) is 40.5 Å². The van der Waals surface area contributed by atoms with Crippen LogP contribution >= 0.6 is 15.9 Å². The Labute approximate surface area is 166 Å². The standard InChI is InChI=1S/C15H26BrN2O2Si.3CH3.Sn/c1-21(2,3)10-9-20-12-18-11-13(16)17-14(18)15(19)7-5-4-6-8-15;;;;/h19H,4-10,12H2,1-3H3;3*1H3;. The van der Waals surface area contributed by atoms with Crippen molar-refractivity contribution in [2.75, 3.05) is 6.61 Å². The molecule has 0 aliphatic heterocycles. The molecule has 0 aromatic carbocycles. The van der Waals surface area contributed by atoms with Crippen molar-refractivity contribution in [1.29, 1.82) is 0 Å². The molecule has 0 bridgehead atoms. The summed E-state index contributed by atoms with van der Waals surface area (Å²) in [4.78, 5) is 12.0. The Morgan fingerprint density at radius 2 is 1.80 bits per heavy atom. The Morgan fingerprint density at radius 1 is 1.20 bits per heavy atom. The van der Waals surface area contributed by atoms with Crippen molar-refractivity contribution in [3.63, 3.8) is 0 Å². The number of ether oxygens (including phenoxy) is 1. The molecule has 0 amide bonds. The van der Waals surface area contributed by atoms with Gasteiger partial charge in [0.2, 0.25) is 0 Å². The minimum atomic E-state index is -2.42. The molecule has 1 aliphatic carbocycles. The monoisotopic (exact) mass is 538 g/mol. The van der Waals surface area contributed by atoms with E-state index < -0.39 is 32.1 Å². The second kappa shape index (κ2) is 8.33. The topological polar surface area (TPSA) is 47.3 Å². The van der Waals surface area contributed by atoms with E-state index in [0.717, 1.165) is 48.8 Å². The summed E-state index contributed by atoms with van der Waals surface area (Å²) < 4.78 is 10.5. The zero-order chi connectivity index (χ0) is 18.9. The van der Waals surface area contributed by atoms with Gasteiger partial charge in [-0.15, -0.1) is 0 Å². The summed E-state index contributed by atoms with van der Waals surface area (Å²) in [6.45, 7) is 8.43. The fourth-order valence-corrected chi connectivity index (χ4v) is 13.4. The predicted octanol–water partition coefficient (Wildman–Crippen LogP) is 4.65. The van der Waals surface area contributed by atoms with E-state index in [1.54, 1.807) is 0 Å². The first-order chi connectivity index (χ1) is 11.4. The van der Waals surface area contributed by atoms with Gasteiger partial charge < -0.3 is 0 Å². The fraction of sp³-hybridized carbons (Fsp3) is 0.833. The van der Waals surface area contributed by atoms with Crippen LogP contribution in [0.1, 0.15) is 37.9 Å². The molecular formula is C18H35BrN2O2SiSn. The first-order valence-electron chi connectivity index (χ1n) is 9.51. The van der Waals surface area contributed by atoms with E-state index in [1.807, 2.05) is 0 Å². The van der Waals surface area contributed by atoms with Gasteiger partial charge in [-0.2, -0.15) is 0 Å². The van der Waals surface area contributed by atoms with Crippen molar-refractivity contribution in [3.8, 4) is 0 Å². The van der Waals surface area contributed by atoms with E-state index in [2.05, 4.69) is 55.0 Å². The third-order valence-corrected chi connectivity index (χ3v) is 13.8. The number of halogens is 1. The zero-order valence-electron chi connectivity index (χ0n) is 16.8. The molecule has 0 unspecified atom stereocenters. The van der Waals surface area contributed by atoms with Crippen LogP contribution in [0.3, 0.4) is 0 Å². The van der Waals surface area contributed by atoms with Crippen LogP contribution in [-0.2, 0) is 17.1 Å². The number of nitrogens with zero attached hydrogens (tertiary/aromatic N) is 2. The summed E-state index contributed by atoms with van der Waals surface area (Å²) in [7, 11) is -1.10. The van der Waals surface area contributed by atoms with Gasteiger partial charge in [0.25, 0.3) is 0 Å². The van der Waals surface area contributed by atoms with Crippen molar-refractivity contribution < 1.29 is 9.84 Å². The molecule has 144 valence electrons. The Morgan fingerprint density at radius 3 is 2.32 bits per heavy atom. The molecular weight excluding hydrogens is 503 g/mol. The van der Waals surface area contributed by atoms with Crippen LogP contribution in [0.25, 0.3) is 0 Å². The van der Waals surface area contributed by atoms with Crippen molar-refractivity contribution >= 4 is 46.1 Å². The van der Waals surface area contributed by atoms with Crippen LogP contribution in [0.5, 0.6) is 0 Å². The van der Waals surface area contributed by atoms with Crippen LogP contribution in [0.4, 0.5) is 0 Å². The molecule has 1 saturated carbocycles. The molecule has 1 heterocycles. The number of aliphatic hydroxyl groups is 1. The van der Waals surface area contributed by atoms with E-state index >= 15 is 0 Å². The molecule has 7 heteroatoms. The number of aromatic nitrogens is 2. The average Bonchev–Trinajstić information content (AvgIpc) is 2.81. The summed E-state index contributed by atoms with van der Waals surface area (Å²) in [5.74, 6) is 0.828. The van der Waals surface area contributed by atoms with E-state index in [4.69, 9.17) is 9.72 Å². The van der Waals surface area contributed by atoms with Gasteiger partial charge in [0.05, 0.1) is 0 Å². The Kier molecular flexibility index (Phi) is 7.30. The first-order valence-corrected chi connectivity index (χ1v) is 24.0. The molecule has 1 aromatic rings. The van der Waals surface area contributed by atoms with Crippen LogP contribution in [-0.4, -0.2) is 47.7 Å². The Balaban J connectivity index is 2.30. The van der Waals surface area contributed by atoms with Gasteiger partial charge in [0.15, 0.2) is 0 Å². The summed E-state index contributed by atoms with van der Waals surface area (Å²) in [5, 5.41) is 11.3. The summed E-state index contributed by atoms with van der Waals surface area (Å²) in [6, 6.07) is 1.16. The van der Waals surface area contributed by atoms with Gasteiger partial charge in [-0.1, -0.05) is 0 Å². The molecule has 1 aromatic heterocycles. The number of hydrogen-bond donors (Lipinski definition) is 1. The van der Waals surface area contributed by atoms with Gasteiger partial charge in [0, 0.05) is 0 Å². The number of hydrogen-bond acceptors (Lipinski definition) is 3. The van der Waals surface area contributed by atoms with E-state index in [9.17, 15) is 5.11 Å². The summed E-state index contributed by atoms with van der Waals surface area (Å²) in [6.07, 6.45) is 4.98. The van der Waals surface area contributed by atoms with Crippen LogP contribution < -0.4 is 3.71 Å². The molecule has 0 saturated heterocycles. The van der Waals surface area contributed by atoms with Crippen LogP contribution in [0, 0.1) is 0 Å². The molecule has 4 nitrogen and oxygen atoms in total. The van der Waals surface area contributed by atoms with E-state index in [-0.39, 0.29) is 0 Å². The average molecular weight is 538 g/mol. The van der Waals surface area contributed by atoms with Gasteiger partial charge in [-0.05, 0) is 0 Å². The molecule has 0 atom stereocenters. The van der Waals surface area contributed by atoms with Gasteiger partial charge in [0.1, 0.15) is 0 Å². The van der Waals surface area contributed by atoms with Crippen molar-refractivity contribution in [2.24, 2.45) is 0 Å². The molecule has 0 spiro atoms. The van der Waals surface area contributed by atoms with Gasteiger partial charge in [-0.3, -0.25) is 0 Å². The molecule has 25 heavy (non-hydrogen) atoms. The third kappa shape index (κ3) is 5.80. The second-order valence-electron chi connectivity index (χ2n) is 9.69. The van der Waals surface area contributed by atoms with Crippen LogP contribution in [0.15, 0.2) is 4.60 Å². The zero-order valence-corrected chi connectivity index (χ0v) is 22.2. The van der Waals surface area contributed by atoms with Gasteiger partial charge >= 0.3 is 167 Å². The first kappa shape index (κ1) is 21.9. The molecule has 2 rings (SSSR count). The molecule has 0 radical (unpaired) electrons. The number of rotatable bonds is 7.